The number of aromatic nitrogens is 1. The van der Waals surface area contributed by atoms with Gasteiger partial charge in [0.1, 0.15) is 11.5 Å². The molecule has 17 heavy (non-hydrogen) atoms. The Morgan fingerprint density at radius 2 is 2.06 bits per heavy atom. The van der Waals surface area contributed by atoms with Crippen LogP contribution in [0.2, 0.25) is 0 Å². The molecule has 1 aromatic heterocycles. The molecular weight excluding hydrogens is 231 g/mol. The van der Waals surface area contributed by atoms with Crippen molar-refractivity contribution >= 4 is 5.82 Å². The van der Waals surface area contributed by atoms with Crippen LogP contribution in [-0.4, -0.2) is 11.5 Å². The fraction of sp³-hybridized carbons (Fsp3) is 0.545. The van der Waals surface area contributed by atoms with E-state index in [1.54, 1.807) is 0 Å². The highest BCUT2D eigenvalue weighted by atomic mass is 19.4. The first kappa shape index (κ1) is 13.8. The summed E-state index contributed by atoms with van der Waals surface area (Å²) in [5.41, 5.74) is 5.15. The van der Waals surface area contributed by atoms with Gasteiger partial charge < -0.3 is 11.1 Å². The van der Waals surface area contributed by atoms with E-state index in [9.17, 15) is 13.2 Å². The molecule has 0 aliphatic carbocycles. The standard InChI is InChI=1S/C11H16F3N3/c1-2-3-6-16-10-8(7-15)4-5-9(17-10)11(12,13)14/h4-5H,2-3,6-7,15H2,1H3,(H,16,17). The molecular formula is C11H16F3N3. The first-order chi connectivity index (χ1) is 7.99. The van der Waals surface area contributed by atoms with E-state index in [2.05, 4.69) is 10.3 Å². The number of anilines is 1. The van der Waals surface area contributed by atoms with Gasteiger partial charge in [0.05, 0.1) is 0 Å². The van der Waals surface area contributed by atoms with E-state index >= 15 is 0 Å². The number of nitrogens with two attached hydrogens (primary N) is 1. The monoisotopic (exact) mass is 247 g/mol. The molecule has 0 radical (unpaired) electrons. The van der Waals surface area contributed by atoms with Gasteiger partial charge in [-0.2, -0.15) is 13.2 Å². The summed E-state index contributed by atoms with van der Waals surface area (Å²) < 4.78 is 37.4. The zero-order chi connectivity index (χ0) is 12.9. The van der Waals surface area contributed by atoms with Crippen LogP contribution in [0.4, 0.5) is 19.0 Å². The van der Waals surface area contributed by atoms with Gasteiger partial charge in [-0.25, -0.2) is 4.98 Å². The third kappa shape index (κ3) is 3.89. The number of halogens is 3. The molecule has 0 aliphatic rings. The lowest BCUT2D eigenvalue weighted by molar-refractivity contribution is -0.141. The summed E-state index contributed by atoms with van der Waals surface area (Å²) in [5, 5.41) is 2.89. The Bertz CT molecular complexity index is 363. The molecule has 0 saturated heterocycles. The van der Waals surface area contributed by atoms with E-state index in [0.29, 0.717) is 12.1 Å². The molecule has 1 rings (SSSR count). The highest BCUT2D eigenvalue weighted by Gasteiger charge is 2.32. The van der Waals surface area contributed by atoms with Crippen LogP contribution in [0.5, 0.6) is 0 Å². The average Bonchev–Trinajstić information content (AvgIpc) is 2.28. The number of unbranched alkanes of at least 4 members (excludes halogenated alkanes) is 1. The highest BCUT2D eigenvalue weighted by Crippen LogP contribution is 2.29. The Balaban J connectivity index is 2.90. The Morgan fingerprint density at radius 3 is 2.59 bits per heavy atom. The summed E-state index contributed by atoms with van der Waals surface area (Å²) in [5.74, 6) is 0.232. The van der Waals surface area contributed by atoms with Crippen LogP contribution in [0.15, 0.2) is 12.1 Å². The molecule has 3 nitrogen and oxygen atoms in total. The minimum absolute atomic E-state index is 0.166. The molecule has 0 saturated carbocycles. The van der Waals surface area contributed by atoms with Crippen molar-refractivity contribution in [2.75, 3.05) is 11.9 Å². The average molecular weight is 247 g/mol. The van der Waals surface area contributed by atoms with Crippen molar-refractivity contribution in [3.8, 4) is 0 Å². The quantitative estimate of drug-likeness (QED) is 0.786. The second kappa shape index (κ2) is 5.86. The van der Waals surface area contributed by atoms with Crippen molar-refractivity contribution < 1.29 is 13.2 Å². The molecule has 0 aliphatic heterocycles. The third-order valence-corrected chi connectivity index (χ3v) is 2.31. The summed E-state index contributed by atoms with van der Waals surface area (Å²) in [4.78, 5) is 3.57. The Hall–Kier alpha value is -1.30. The molecule has 0 unspecified atom stereocenters. The highest BCUT2D eigenvalue weighted by molar-refractivity contribution is 5.45. The first-order valence-electron chi connectivity index (χ1n) is 5.50. The summed E-state index contributed by atoms with van der Waals surface area (Å²) in [6.45, 7) is 2.77. The normalized spacial score (nSPS) is 11.6. The number of alkyl halides is 3. The summed E-state index contributed by atoms with van der Waals surface area (Å²) in [6, 6.07) is 2.32. The SMILES string of the molecule is CCCCNc1nc(C(F)(F)F)ccc1CN. The van der Waals surface area contributed by atoms with Gasteiger partial charge >= 0.3 is 6.18 Å². The van der Waals surface area contributed by atoms with E-state index in [1.807, 2.05) is 6.92 Å². The van der Waals surface area contributed by atoms with Gasteiger partial charge in [0, 0.05) is 18.7 Å². The maximum absolute atomic E-state index is 12.5. The molecule has 0 fully saturated rings. The number of nitrogens with one attached hydrogen (secondary N) is 1. The van der Waals surface area contributed by atoms with Crippen LogP contribution in [0.25, 0.3) is 0 Å². The first-order valence-corrected chi connectivity index (χ1v) is 5.50. The van der Waals surface area contributed by atoms with Gasteiger partial charge in [-0.1, -0.05) is 19.4 Å². The van der Waals surface area contributed by atoms with Gasteiger partial charge in [-0.15, -0.1) is 0 Å². The van der Waals surface area contributed by atoms with Gasteiger partial charge in [0.2, 0.25) is 0 Å². The molecule has 0 bridgehead atoms. The van der Waals surface area contributed by atoms with Crippen LogP contribution in [0, 0.1) is 0 Å². The Morgan fingerprint density at radius 1 is 1.35 bits per heavy atom. The molecule has 3 N–H and O–H groups in total. The van der Waals surface area contributed by atoms with E-state index in [4.69, 9.17) is 5.73 Å². The molecule has 0 amide bonds. The Labute approximate surface area is 98.2 Å². The maximum Gasteiger partial charge on any atom is 0.433 e. The van der Waals surface area contributed by atoms with Crippen molar-refractivity contribution in [1.82, 2.24) is 4.98 Å². The lowest BCUT2D eigenvalue weighted by atomic mass is 10.2. The zero-order valence-electron chi connectivity index (χ0n) is 9.64. The van der Waals surface area contributed by atoms with Crippen molar-refractivity contribution in [3.05, 3.63) is 23.4 Å². The van der Waals surface area contributed by atoms with E-state index in [-0.39, 0.29) is 12.4 Å². The minimum atomic E-state index is -4.42. The van der Waals surface area contributed by atoms with Crippen molar-refractivity contribution in [1.29, 1.82) is 0 Å². The topological polar surface area (TPSA) is 50.9 Å². The van der Waals surface area contributed by atoms with E-state index in [0.717, 1.165) is 18.9 Å². The van der Waals surface area contributed by atoms with E-state index in [1.165, 1.54) is 6.07 Å². The van der Waals surface area contributed by atoms with Crippen LogP contribution in [0.3, 0.4) is 0 Å². The summed E-state index contributed by atoms with van der Waals surface area (Å²) in [6.07, 6.45) is -2.58. The summed E-state index contributed by atoms with van der Waals surface area (Å²) >= 11 is 0. The van der Waals surface area contributed by atoms with Gasteiger partial charge in [-0.3, -0.25) is 0 Å². The van der Waals surface area contributed by atoms with Gasteiger partial charge in [-0.05, 0) is 12.5 Å². The number of hydrogen-bond acceptors (Lipinski definition) is 3. The predicted molar refractivity (Wildman–Crippen MR) is 60.5 cm³/mol. The lowest BCUT2D eigenvalue weighted by Gasteiger charge is -2.12. The van der Waals surface area contributed by atoms with Crippen LogP contribution in [-0.2, 0) is 12.7 Å². The lowest BCUT2D eigenvalue weighted by Crippen LogP contribution is -2.14. The Kier molecular flexibility index (Phi) is 4.74. The number of nitrogens with zero attached hydrogens (tertiary/aromatic N) is 1. The molecule has 1 aromatic rings. The van der Waals surface area contributed by atoms with Crippen molar-refractivity contribution in [3.63, 3.8) is 0 Å². The number of pyridine rings is 1. The van der Waals surface area contributed by atoms with Crippen LogP contribution < -0.4 is 11.1 Å². The van der Waals surface area contributed by atoms with E-state index < -0.39 is 11.9 Å². The fourth-order valence-corrected chi connectivity index (χ4v) is 1.35. The summed E-state index contributed by atoms with van der Waals surface area (Å²) in [7, 11) is 0. The molecule has 0 aromatic carbocycles. The van der Waals surface area contributed by atoms with Gasteiger partial charge in [0.15, 0.2) is 0 Å². The smallest absolute Gasteiger partial charge is 0.370 e. The van der Waals surface area contributed by atoms with Crippen LogP contribution >= 0.6 is 0 Å². The van der Waals surface area contributed by atoms with Crippen molar-refractivity contribution in [2.24, 2.45) is 5.73 Å². The molecule has 0 atom stereocenters. The zero-order valence-corrected chi connectivity index (χ0v) is 9.64. The second-order valence-electron chi connectivity index (χ2n) is 3.69. The molecule has 0 spiro atoms. The largest absolute Gasteiger partial charge is 0.433 e. The predicted octanol–water partition coefficient (Wildman–Crippen LogP) is 2.77. The van der Waals surface area contributed by atoms with Crippen LogP contribution in [0.1, 0.15) is 31.0 Å². The maximum atomic E-state index is 12.5. The molecule has 96 valence electrons. The third-order valence-electron chi connectivity index (χ3n) is 2.31. The minimum Gasteiger partial charge on any atom is -0.370 e. The number of hydrogen-bond donors (Lipinski definition) is 2. The molecule has 6 heteroatoms. The fourth-order valence-electron chi connectivity index (χ4n) is 1.35. The number of rotatable bonds is 5. The molecule has 1 heterocycles. The second-order valence-corrected chi connectivity index (χ2v) is 3.69. The van der Waals surface area contributed by atoms with Gasteiger partial charge in [0.25, 0.3) is 0 Å². The van der Waals surface area contributed by atoms with Crippen molar-refractivity contribution in [2.45, 2.75) is 32.5 Å².